The van der Waals surface area contributed by atoms with Crippen LogP contribution in [0.15, 0.2) is 35.3 Å². The second kappa shape index (κ2) is 5.95. The van der Waals surface area contributed by atoms with Crippen LogP contribution in [0.2, 0.25) is 0 Å². The Balaban J connectivity index is 2.16. The first-order chi connectivity index (χ1) is 9.11. The van der Waals surface area contributed by atoms with E-state index in [0.717, 1.165) is 0 Å². The third-order valence-electron chi connectivity index (χ3n) is 3.37. The molecule has 19 heavy (non-hydrogen) atoms. The van der Waals surface area contributed by atoms with E-state index in [1.54, 1.807) is 12.3 Å². The minimum absolute atomic E-state index is 0.0785. The van der Waals surface area contributed by atoms with Gasteiger partial charge < -0.3 is 10.4 Å². The highest BCUT2D eigenvalue weighted by Gasteiger charge is 2.11. The highest BCUT2D eigenvalue weighted by Crippen LogP contribution is 2.03. The molecule has 0 saturated heterocycles. The number of rotatable bonds is 5. The summed E-state index contributed by atoms with van der Waals surface area (Å²) >= 11 is 0. The van der Waals surface area contributed by atoms with Crippen LogP contribution in [0.3, 0.4) is 0 Å². The van der Waals surface area contributed by atoms with E-state index in [4.69, 9.17) is 5.11 Å². The lowest BCUT2D eigenvalue weighted by Crippen LogP contribution is -2.34. The summed E-state index contributed by atoms with van der Waals surface area (Å²) in [6.45, 7) is 4.64. The maximum atomic E-state index is 11.9. The van der Waals surface area contributed by atoms with Crippen LogP contribution < -0.4 is 10.9 Å². The molecule has 0 aliphatic carbocycles. The van der Waals surface area contributed by atoms with Gasteiger partial charge in [-0.15, -0.1) is 0 Å². The molecule has 0 spiro atoms. The molecule has 0 aliphatic rings. The first-order valence-electron chi connectivity index (χ1n) is 6.43. The largest absolute Gasteiger partial charge is 0.396 e. The first kappa shape index (κ1) is 13.7. The van der Waals surface area contributed by atoms with Gasteiger partial charge in [0.25, 0.3) is 5.56 Å². The summed E-state index contributed by atoms with van der Waals surface area (Å²) in [5, 5.41) is 12.3. The summed E-state index contributed by atoms with van der Waals surface area (Å²) < 4.78 is 1.52. The van der Waals surface area contributed by atoms with Gasteiger partial charge in [-0.2, -0.15) is 0 Å². The Kier molecular flexibility index (Phi) is 4.29. The van der Waals surface area contributed by atoms with Gasteiger partial charge in [0, 0.05) is 31.5 Å². The normalized spacial score (nSPS) is 14.5. The minimum Gasteiger partial charge on any atom is -0.396 e. The van der Waals surface area contributed by atoms with Crippen LogP contribution in [0, 0.1) is 5.92 Å². The number of nitrogens with one attached hydrogen (secondary N) is 1. The third-order valence-corrected chi connectivity index (χ3v) is 3.37. The van der Waals surface area contributed by atoms with Gasteiger partial charge in [-0.05, 0) is 25.0 Å². The molecule has 2 heterocycles. The van der Waals surface area contributed by atoms with Crippen LogP contribution >= 0.6 is 0 Å². The van der Waals surface area contributed by atoms with E-state index in [1.807, 2.05) is 26.0 Å². The third kappa shape index (κ3) is 3.19. The van der Waals surface area contributed by atoms with E-state index in [9.17, 15) is 4.79 Å². The number of pyridine rings is 1. The molecule has 0 aliphatic heterocycles. The molecule has 0 amide bonds. The van der Waals surface area contributed by atoms with Crippen LogP contribution in [0.4, 0.5) is 0 Å². The fraction of sp³-hybridized carbons (Fsp3) is 0.429. The van der Waals surface area contributed by atoms with Gasteiger partial charge in [-0.1, -0.05) is 13.0 Å². The summed E-state index contributed by atoms with van der Waals surface area (Å²) in [5.74, 6) is 0.168. The van der Waals surface area contributed by atoms with E-state index < -0.39 is 0 Å². The zero-order valence-electron chi connectivity index (χ0n) is 11.2. The zero-order valence-corrected chi connectivity index (χ0v) is 11.2. The average Bonchev–Trinajstić information content (AvgIpc) is 2.44. The Hall–Kier alpha value is -1.72. The van der Waals surface area contributed by atoms with Crippen molar-refractivity contribution < 1.29 is 5.11 Å². The molecule has 2 rings (SSSR count). The summed E-state index contributed by atoms with van der Waals surface area (Å²) in [7, 11) is 0. The highest BCUT2D eigenvalue weighted by atomic mass is 16.3. The Morgan fingerprint density at radius 1 is 1.42 bits per heavy atom. The molecule has 0 bridgehead atoms. The molecule has 5 nitrogen and oxygen atoms in total. The van der Waals surface area contributed by atoms with Crippen molar-refractivity contribution in [2.24, 2.45) is 5.92 Å². The van der Waals surface area contributed by atoms with Crippen molar-refractivity contribution >= 4 is 5.65 Å². The van der Waals surface area contributed by atoms with E-state index in [-0.39, 0.29) is 24.1 Å². The first-order valence-corrected chi connectivity index (χ1v) is 6.43. The van der Waals surface area contributed by atoms with Gasteiger partial charge in [0.05, 0.1) is 5.69 Å². The predicted molar refractivity (Wildman–Crippen MR) is 74.0 cm³/mol. The fourth-order valence-electron chi connectivity index (χ4n) is 1.82. The second-order valence-electron chi connectivity index (χ2n) is 4.84. The lowest BCUT2D eigenvalue weighted by Gasteiger charge is -2.19. The van der Waals surface area contributed by atoms with Crippen LogP contribution in [-0.2, 0) is 6.54 Å². The standard InChI is InChI=1S/C14H19N3O2/c1-10(9-18)11(2)15-8-12-7-14(19)17-6-4-3-5-13(17)16-12/h3-7,10-11,15,18H,8-9H2,1-2H3. The van der Waals surface area contributed by atoms with E-state index in [0.29, 0.717) is 17.9 Å². The van der Waals surface area contributed by atoms with Crippen molar-refractivity contribution in [1.29, 1.82) is 0 Å². The Bertz CT molecular complexity index is 609. The van der Waals surface area contributed by atoms with E-state index >= 15 is 0 Å². The summed E-state index contributed by atoms with van der Waals surface area (Å²) in [6.07, 6.45) is 1.71. The Morgan fingerprint density at radius 2 is 2.21 bits per heavy atom. The molecule has 2 atom stereocenters. The average molecular weight is 261 g/mol. The molecular formula is C14H19N3O2. The monoisotopic (exact) mass is 261 g/mol. The van der Waals surface area contributed by atoms with Crippen LogP contribution in [0.1, 0.15) is 19.5 Å². The number of nitrogens with zero attached hydrogens (tertiary/aromatic N) is 2. The quantitative estimate of drug-likeness (QED) is 0.835. The number of aliphatic hydroxyl groups excluding tert-OH is 1. The summed E-state index contributed by atoms with van der Waals surface area (Å²) in [5.41, 5.74) is 1.29. The Morgan fingerprint density at radius 3 is 2.95 bits per heavy atom. The van der Waals surface area contributed by atoms with Gasteiger partial charge in [0.2, 0.25) is 0 Å². The van der Waals surface area contributed by atoms with Gasteiger partial charge in [0.1, 0.15) is 5.65 Å². The fourth-order valence-corrected chi connectivity index (χ4v) is 1.82. The van der Waals surface area contributed by atoms with Crippen LogP contribution in [0.5, 0.6) is 0 Å². The maximum absolute atomic E-state index is 11.9. The molecular weight excluding hydrogens is 242 g/mol. The SMILES string of the molecule is CC(CO)C(C)NCc1cc(=O)n2ccccc2n1. The lowest BCUT2D eigenvalue weighted by molar-refractivity contribution is 0.207. The van der Waals surface area contributed by atoms with Gasteiger partial charge in [-0.3, -0.25) is 9.20 Å². The number of fused-ring (bicyclic) bond motifs is 1. The van der Waals surface area contributed by atoms with Gasteiger partial charge in [0.15, 0.2) is 0 Å². The van der Waals surface area contributed by atoms with Crippen LogP contribution in [0.25, 0.3) is 5.65 Å². The predicted octanol–water partition coefficient (Wildman–Crippen LogP) is 0.801. The minimum atomic E-state index is -0.0785. The highest BCUT2D eigenvalue weighted by molar-refractivity contribution is 5.37. The Labute approximate surface area is 111 Å². The van der Waals surface area contributed by atoms with Gasteiger partial charge >= 0.3 is 0 Å². The van der Waals surface area contributed by atoms with E-state index in [1.165, 1.54) is 10.5 Å². The molecule has 102 valence electrons. The number of hydrogen-bond donors (Lipinski definition) is 2. The van der Waals surface area contributed by atoms with Crippen molar-refractivity contribution in [3.05, 3.63) is 46.5 Å². The molecule has 0 radical (unpaired) electrons. The number of aromatic nitrogens is 2. The van der Waals surface area contributed by atoms with Crippen molar-refractivity contribution in [3.8, 4) is 0 Å². The molecule has 2 aromatic heterocycles. The van der Waals surface area contributed by atoms with Crippen molar-refractivity contribution in [2.45, 2.75) is 26.4 Å². The van der Waals surface area contributed by atoms with Crippen molar-refractivity contribution in [1.82, 2.24) is 14.7 Å². The summed E-state index contributed by atoms with van der Waals surface area (Å²) in [4.78, 5) is 16.3. The lowest BCUT2D eigenvalue weighted by atomic mass is 10.1. The molecule has 0 aromatic carbocycles. The van der Waals surface area contributed by atoms with Crippen molar-refractivity contribution in [2.75, 3.05) is 6.61 Å². The molecule has 0 fully saturated rings. The summed E-state index contributed by atoms with van der Waals surface area (Å²) in [6, 6.07) is 7.18. The van der Waals surface area contributed by atoms with E-state index in [2.05, 4.69) is 10.3 Å². The molecule has 5 heteroatoms. The molecule has 2 aromatic rings. The molecule has 0 saturated carbocycles. The zero-order chi connectivity index (χ0) is 13.8. The maximum Gasteiger partial charge on any atom is 0.258 e. The topological polar surface area (TPSA) is 66.6 Å². The van der Waals surface area contributed by atoms with Crippen LogP contribution in [-0.4, -0.2) is 27.1 Å². The number of hydrogen-bond acceptors (Lipinski definition) is 4. The molecule has 2 N–H and O–H groups in total. The second-order valence-corrected chi connectivity index (χ2v) is 4.84. The number of aliphatic hydroxyl groups is 1. The smallest absolute Gasteiger partial charge is 0.258 e. The van der Waals surface area contributed by atoms with Crippen molar-refractivity contribution in [3.63, 3.8) is 0 Å². The van der Waals surface area contributed by atoms with Gasteiger partial charge in [-0.25, -0.2) is 4.98 Å². The molecule has 2 unspecified atom stereocenters.